The van der Waals surface area contributed by atoms with Crippen LogP contribution in [0.3, 0.4) is 0 Å². The van der Waals surface area contributed by atoms with Gasteiger partial charge in [-0.05, 0) is 31.2 Å². The molecule has 0 radical (unpaired) electrons. The van der Waals surface area contributed by atoms with Gasteiger partial charge in [0.2, 0.25) is 0 Å². The third-order valence-electron chi connectivity index (χ3n) is 4.37. The number of benzene rings is 1. The number of esters is 1. The molecular formula is C20H20N4O2S. The molecule has 3 heterocycles. The van der Waals surface area contributed by atoms with Crippen LogP contribution >= 0.6 is 11.8 Å². The SMILES string of the molecule is CCOC(=O)c1cnn2c1NC(c1ccccn1)CC2Sc1ccccc1. The topological polar surface area (TPSA) is 69.0 Å². The standard InChI is InChI=1S/C20H20N4O2S/c1-2-26-20(25)15-13-22-24-18(27-14-8-4-3-5-9-14)12-17(23-19(15)24)16-10-6-7-11-21-16/h3-11,13,17-18,23H,2,12H2,1H3. The minimum absolute atomic E-state index is 0.00945. The molecule has 0 bridgehead atoms. The van der Waals surface area contributed by atoms with Gasteiger partial charge in [-0.15, -0.1) is 0 Å². The number of pyridine rings is 1. The lowest BCUT2D eigenvalue weighted by Crippen LogP contribution is -2.27. The molecule has 1 aliphatic rings. The number of carbonyl (C=O) groups is 1. The van der Waals surface area contributed by atoms with Crippen LogP contribution in [0, 0.1) is 0 Å². The van der Waals surface area contributed by atoms with Crippen LogP contribution in [0.15, 0.2) is 65.8 Å². The van der Waals surface area contributed by atoms with E-state index in [9.17, 15) is 4.79 Å². The maximum Gasteiger partial charge on any atom is 0.343 e. The highest BCUT2D eigenvalue weighted by Gasteiger charge is 2.33. The van der Waals surface area contributed by atoms with E-state index in [1.165, 1.54) is 0 Å². The van der Waals surface area contributed by atoms with Crippen LogP contribution in [-0.4, -0.2) is 27.3 Å². The fraction of sp³-hybridized carbons (Fsp3) is 0.250. The Bertz CT molecular complexity index is 914. The zero-order valence-electron chi connectivity index (χ0n) is 14.9. The molecule has 6 nitrogen and oxygen atoms in total. The van der Waals surface area contributed by atoms with Gasteiger partial charge in [0.25, 0.3) is 0 Å². The summed E-state index contributed by atoms with van der Waals surface area (Å²) in [5.41, 5.74) is 1.40. The van der Waals surface area contributed by atoms with Gasteiger partial charge in [0, 0.05) is 17.5 Å². The molecule has 0 spiro atoms. The van der Waals surface area contributed by atoms with E-state index in [0.29, 0.717) is 18.0 Å². The first-order valence-corrected chi connectivity index (χ1v) is 9.78. The molecule has 2 unspecified atom stereocenters. The third-order valence-corrected chi connectivity index (χ3v) is 5.58. The van der Waals surface area contributed by atoms with E-state index in [1.54, 1.807) is 31.1 Å². The van der Waals surface area contributed by atoms with Gasteiger partial charge in [0.05, 0.1) is 24.5 Å². The molecule has 0 saturated heterocycles. The summed E-state index contributed by atoms with van der Waals surface area (Å²) in [6.45, 7) is 2.13. The second-order valence-corrected chi connectivity index (χ2v) is 7.40. The monoisotopic (exact) mass is 380 g/mol. The Balaban J connectivity index is 1.70. The summed E-state index contributed by atoms with van der Waals surface area (Å²) >= 11 is 1.72. The lowest BCUT2D eigenvalue weighted by atomic mass is 10.1. The van der Waals surface area contributed by atoms with Gasteiger partial charge in [0.15, 0.2) is 0 Å². The van der Waals surface area contributed by atoms with Crippen LogP contribution in [0.2, 0.25) is 0 Å². The number of nitrogens with one attached hydrogen (secondary N) is 1. The van der Waals surface area contributed by atoms with Crippen molar-refractivity contribution in [3.8, 4) is 0 Å². The number of rotatable bonds is 5. The number of hydrogen-bond acceptors (Lipinski definition) is 6. The minimum atomic E-state index is -0.364. The van der Waals surface area contributed by atoms with E-state index in [-0.39, 0.29) is 17.4 Å². The summed E-state index contributed by atoms with van der Waals surface area (Å²) in [5.74, 6) is 0.320. The molecule has 0 aliphatic carbocycles. The number of carbonyl (C=O) groups excluding carboxylic acids is 1. The zero-order chi connectivity index (χ0) is 18.6. The average Bonchev–Trinajstić information content (AvgIpc) is 3.14. The second kappa shape index (κ2) is 7.84. The zero-order valence-corrected chi connectivity index (χ0v) is 15.7. The Morgan fingerprint density at radius 2 is 2.07 bits per heavy atom. The summed E-state index contributed by atoms with van der Waals surface area (Å²) in [6, 6.07) is 16.1. The Morgan fingerprint density at radius 3 is 2.81 bits per heavy atom. The predicted molar refractivity (Wildman–Crippen MR) is 105 cm³/mol. The molecular weight excluding hydrogens is 360 g/mol. The van der Waals surface area contributed by atoms with E-state index in [4.69, 9.17) is 4.74 Å². The Morgan fingerprint density at radius 1 is 1.26 bits per heavy atom. The summed E-state index contributed by atoms with van der Waals surface area (Å²) in [7, 11) is 0. The van der Waals surface area contributed by atoms with Crippen molar-refractivity contribution in [3.05, 3.63) is 72.2 Å². The predicted octanol–water partition coefficient (Wildman–Crippen LogP) is 4.30. The molecule has 1 aliphatic heterocycles. The van der Waals surface area contributed by atoms with Crippen molar-refractivity contribution in [1.82, 2.24) is 14.8 Å². The lowest BCUT2D eigenvalue weighted by molar-refractivity contribution is 0.0527. The van der Waals surface area contributed by atoms with Gasteiger partial charge in [-0.25, -0.2) is 9.48 Å². The highest BCUT2D eigenvalue weighted by Crippen LogP contribution is 2.44. The fourth-order valence-electron chi connectivity index (χ4n) is 3.14. The minimum Gasteiger partial charge on any atom is -0.462 e. The molecule has 2 aromatic heterocycles. The molecule has 1 aromatic carbocycles. The van der Waals surface area contributed by atoms with Crippen molar-refractivity contribution in [2.24, 2.45) is 0 Å². The van der Waals surface area contributed by atoms with Crippen molar-refractivity contribution >= 4 is 23.5 Å². The van der Waals surface area contributed by atoms with Gasteiger partial charge in [-0.1, -0.05) is 36.0 Å². The van der Waals surface area contributed by atoms with Crippen LogP contribution in [-0.2, 0) is 4.74 Å². The summed E-state index contributed by atoms with van der Waals surface area (Å²) < 4.78 is 7.07. The van der Waals surface area contributed by atoms with Gasteiger partial charge in [-0.3, -0.25) is 4.98 Å². The summed E-state index contributed by atoms with van der Waals surface area (Å²) in [5, 5.41) is 7.96. The number of thioether (sulfide) groups is 1. The Hall–Kier alpha value is -2.80. The quantitative estimate of drug-likeness (QED) is 0.666. The van der Waals surface area contributed by atoms with E-state index in [0.717, 1.165) is 17.0 Å². The van der Waals surface area contributed by atoms with Crippen LogP contribution in [0.1, 0.15) is 40.8 Å². The molecule has 1 N–H and O–H groups in total. The molecule has 0 fully saturated rings. The number of hydrogen-bond donors (Lipinski definition) is 1. The van der Waals surface area contributed by atoms with Crippen molar-refractivity contribution in [2.75, 3.05) is 11.9 Å². The fourth-order valence-corrected chi connectivity index (χ4v) is 4.32. The maximum atomic E-state index is 12.3. The first kappa shape index (κ1) is 17.6. The summed E-state index contributed by atoms with van der Waals surface area (Å²) in [6.07, 6.45) is 4.17. The molecule has 4 rings (SSSR count). The Labute approximate surface area is 162 Å². The number of aromatic nitrogens is 3. The molecule has 3 aromatic rings. The van der Waals surface area contributed by atoms with Crippen LogP contribution in [0.4, 0.5) is 5.82 Å². The molecule has 138 valence electrons. The van der Waals surface area contributed by atoms with Gasteiger partial charge in [0.1, 0.15) is 16.8 Å². The van der Waals surface area contributed by atoms with Crippen molar-refractivity contribution in [1.29, 1.82) is 0 Å². The van der Waals surface area contributed by atoms with Gasteiger partial charge in [-0.2, -0.15) is 5.10 Å². The smallest absolute Gasteiger partial charge is 0.343 e. The molecule has 7 heteroatoms. The van der Waals surface area contributed by atoms with E-state index >= 15 is 0 Å². The highest BCUT2D eigenvalue weighted by atomic mass is 32.2. The highest BCUT2D eigenvalue weighted by molar-refractivity contribution is 7.99. The third kappa shape index (κ3) is 3.68. The molecule has 0 saturated carbocycles. The van der Waals surface area contributed by atoms with Gasteiger partial charge >= 0.3 is 5.97 Å². The van der Waals surface area contributed by atoms with Crippen molar-refractivity contribution in [2.45, 2.75) is 29.7 Å². The first-order valence-electron chi connectivity index (χ1n) is 8.90. The van der Waals surface area contributed by atoms with E-state index in [1.807, 2.05) is 41.1 Å². The molecule has 2 atom stereocenters. The normalized spacial score (nSPS) is 18.4. The number of fused-ring (bicyclic) bond motifs is 1. The van der Waals surface area contributed by atoms with Crippen molar-refractivity contribution < 1.29 is 9.53 Å². The lowest BCUT2D eigenvalue weighted by Gasteiger charge is -2.32. The van der Waals surface area contributed by atoms with Crippen LogP contribution in [0.25, 0.3) is 0 Å². The van der Waals surface area contributed by atoms with Crippen LogP contribution in [0.5, 0.6) is 0 Å². The molecule has 0 amide bonds. The van der Waals surface area contributed by atoms with E-state index in [2.05, 4.69) is 27.5 Å². The largest absolute Gasteiger partial charge is 0.462 e. The number of anilines is 1. The van der Waals surface area contributed by atoms with Gasteiger partial charge < -0.3 is 10.1 Å². The Kier molecular flexibility index (Phi) is 5.11. The maximum absolute atomic E-state index is 12.3. The first-order chi connectivity index (χ1) is 13.3. The number of nitrogens with zero attached hydrogens (tertiary/aromatic N) is 3. The number of ether oxygens (including phenoxy) is 1. The molecule has 27 heavy (non-hydrogen) atoms. The average molecular weight is 380 g/mol. The van der Waals surface area contributed by atoms with Crippen LogP contribution < -0.4 is 5.32 Å². The van der Waals surface area contributed by atoms with E-state index < -0.39 is 0 Å². The van der Waals surface area contributed by atoms with Crippen molar-refractivity contribution in [3.63, 3.8) is 0 Å². The summed E-state index contributed by atoms with van der Waals surface area (Å²) in [4.78, 5) is 18.0. The second-order valence-electron chi connectivity index (χ2n) is 6.14.